The molecule has 1 amide bonds. The molecule has 0 atom stereocenters. The molecular formula is C13H12BrN3O. The summed E-state index contributed by atoms with van der Waals surface area (Å²) < 4.78 is 0.926. The fourth-order valence-electron chi connectivity index (χ4n) is 1.55. The van der Waals surface area contributed by atoms with Crippen LogP contribution in [-0.2, 0) is 6.54 Å². The van der Waals surface area contributed by atoms with Crippen molar-refractivity contribution in [2.45, 2.75) is 13.5 Å². The Morgan fingerprint density at radius 1 is 1.33 bits per heavy atom. The summed E-state index contributed by atoms with van der Waals surface area (Å²) in [6.45, 7) is 2.28. The standard InChI is InChI=1S/C13H12BrN3O/c1-9-11(5-2-6-12(9)14)13(18)15-8-10-4-3-7-16-17-10/h2-7H,8H2,1H3,(H,15,18). The van der Waals surface area contributed by atoms with Crippen LogP contribution in [0.2, 0.25) is 0 Å². The van der Waals surface area contributed by atoms with Crippen LogP contribution in [0, 0.1) is 6.92 Å². The van der Waals surface area contributed by atoms with E-state index in [1.165, 1.54) is 0 Å². The summed E-state index contributed by atoms with van der Waals surface area (Å²) in [7, 11) is 0. The summed E-state index contributed by atoms with van der Waals surface area (Å²) in [5.74, 6) is -0.112. The number of rotatable bonds is 3. The highest BCUT2D eigenvalue weighted by atomic mass is 79.9. The van der Waals surface area contributed by atoms with Crippen molar-refractivity contribution in [2.75, 3.05) is 0 Å². The first-order valence-corrected chi connectivity index (χ1v) is 6.27. The minimum atomic E-state index is -0.112. The number of nitrogens with zero attached hydrogens (tertiary/aromatic N) is 2. The normalized spacial score (nSPS) is 10.1. The molecule has 4 nitrogen and oxygen atoms in total. The Morgan fingerprint density at radius 3 is 2.89 bits per heavy atom. The Labute approximate surface area is 114 Å². The van der Waals surface area contributed by atoms with Gasteiger partial charge in [0.25, 0.3) is 5.91 Å². The predicted molar refractivity (Wildman–Crippen MR) is 72.1 cm³/mol. The minimum absolute atomic E-state index is 0.112. The van der Waals surface area contributed by atoms with Crippen molar-refractivity contribution in [3.8, 4) is 0 Å². The fourth-order valence-corrected chi connectivity index (χ4v) is 1.91. The van der Waals surface area contributed by atoms with E-state index in [4.69, 9.17) is 0 Å². The van der Waals surface area contributed by atoms with Crippen molar-refractivity contribution >= 4 is 21.8 Å². The van der Waals surface area contributed by atoms with Gasteiger partial charge in [0.1, 0.15) is 0 Å². The molecule has 0 unspecified atom stereocenters. The van der Waals surface area contributed by atoms with Crippen molar-refractivity contribution in [3.63, 3.8) is 0 Å². The summed E-state index contributed by atoms with van der Waals surface area (Å²) in [6.07, 6.45) is 1.60. The predicted octanol–water partition coefficient (Wildman–Crippen LogP) is 2.48. The van der Waals surface area contributed by atoms with Gasteiger partial charge in [-0.3, -0.25) is 4.79 Å². The highest BCUT2D eigenvalue weighted by Gasteiger charge is 2.10. The molecule has 18 heavy (non-hydrogen) atoms. The third-order valence-electron chi connectivity index (χ3n) is 2.57. The van der Waals surface area contributed by atoms with E-state index in [-0.39, 0.29) is 5.91 Å². The number of benzene rings is 1. The zero-order valence-electron chi connectivity index (χ0n) is 9.85. The number of carbonyl (C=O) groups is 1. The molecule has 2 rings (SSSR count). The Hall–Kier alpha value is -1.75. The molecule has 0 spiro atoms. The lowest BCUT2D eigenvalue weighted by Gasteiger charge is -2.08. The van der Waals surface area contributed by atoms with Crippen molar-refractivity contribution in [3.05, 3.63) is 57.8 Å². The summed E-state index contributed by atoms with van der Waals surface area (Å²) in [4.78, 5) is 12.0. The zero-order valence-corrected chi connectivity index (χ0v) is 11.4. The fraction of sp³-hybridized carbons (Fsp3) is 0.154. The maximum absolute atomic E-state index is 12.0. The molecule has 1 heterocycles. The second kappa shape index (κ2) is 5.73. The zero-order chi connectivity index (χ0) is 13.0. The van der Waals surface area contributed by atoms with Crippen LogP contribution in [0.25, 0.3) is 0 Å². The molecule has 0 bridgehead atoms. The second-order valence-corrected chi connectivity index (χ2v) is 4.66. The molecule has 1 N–H and O–H groups in total. The molecule has 0 radical (unpaired) electrons. The summed E-state index contributed by atoms with van der Waals surface area (Å²) in [5.41, 5.74) is 2.32. The molecule has 1 aromatic carbocycles. The smallest absolute Gasteiger partial charge is 0.251 e. The quantitative estimate of drug-likeness (QED) is 0.948. The molecule has 0 aliphatic heterocycles. The Kier molecular flexibility index (Phi) is 4.04. The molecule has 92 valence electrons. The molecule has 0 saturated carbocycles. The Bertz CT molecular complexity index is 557. The average Bonchev–Trinajstić information content (AvgIpc) is 2.40. The maximum Gasteiger partial charge on any atom is 0.251 e. The van der Waals surface area contributed by atoms with Crippen LogP contribution in [0.3, 0.4) is 0 Å². The minimum Gasteiger partial charge on any atom is -0.346 e. The van der Waals surface area contributed by atoms with E-state index in [0.29, 0.717) is 12.1 Å². The van der Waals surface area contributed by atoms with Gasteiger partial charge in [-0.2, -0.15) is 10.2 Å². The van der Waals surface area contributed by atoms with Gasteiger partial charge in [0.05, 0.1) is 12.2 Å². The van der Waals surface area contributed by atoms with Gasteiger partial charge in [-0.05, 0) is 36.8 Å². The molecular weight excluding hydrogens is 294 g/mol. The molecule has 0 fully saturated rings. The summed E-state index contributed by atoms with van der Waals surface area (Å²) in [6, 6.07) is 9.16. The van der Waals surface area contributed by atoms with Crippen LogP contribution in [0.4, 0.5) is 0 Å². The van der Waals surface area contributed by atoms with Crippen LogP contribution in [0.5, 0.6) is 0 Å². The van der Waals surface area contributed by atoms with E-state index >= 15 is 0 Å². The summed E-state index contributed by atoms with van der Waals surface area (Å²) >= 11 is 3.41. The summed E-state index contributed by atoms with van der Waals surface area (Å²) in [5, 5.41) is 10.5. The number of halogens is 1. The van der Waals surface area contributed by atoms with Gasteiger partial charge < -0.3 is 5.32 Å². The lowest BCUT2D eigenvalue weighted by molar-refractivity contribution is 0.0949. The van der Waals surface area contributed by atoms with Crippen LogP contribution in [0.1, 0.15) is 21.6 Å². The number of nitrogens with one attached hydrogen (secondary N) is 1. The van der Waals surface area contributed by atoms with E-state index < -0.39 is 0 Å². The van der Waals surface area contributed by atoms with Crippen molar-refractivity contribution in [1.29, 1.82) is 0 Å². The molecule has 0 saturated heterocycles. The van der Waals surface area contributed by atoms with Gasteiger partial charge in [0.2, 0.25) is 0 Å². The van der Waals surface area contributed by atoms with Gasteiger partial charge in [0, 0.05) is 16.2 Å². The second-order valence-electron chi connectivity index (χ2n) is 3.81. The molecule has 5 heteroatoms. The van der Waals surface area contributed by atoms with Gasteiger partial charge in [0.15, 0.2) is 0 Å². The number of aromatic nitrogens is 2. The van der Waals surface area contributed by atoms with Gasteiger partial charge in [-0.1, -0.05) is 22.0 Å². The van der Waals surface area contributed by atoms with Gasteiger partial charge in [-0.15, -0.1) is 0 Å². The number of amides is 1. The van der Waals surface area contributed by atoms with Crippen LogP contribution in [0.15, 0.2) is 41.0 Å². The number of hydrogen-bond acceptors (Lipinski definition) is 3. The van der Waals surface area contributed by atoms with Gasteiger partial charge >= 0.3 is 0 Å². The highest BCUT2D eigenvalue weighted by Crippen LogP contribution is 2.19. The topological polar surface area (TPSA) is 54.9 Å². The Morgan fingerprint density at radius 2 is 2.17 bits per heavy atom. The lowest BCUT2D eigenvalue weighted by atomic mass is 10.1. The van der Waals surface area contributed by atoms with Crippen molar-refractivity contribution in [1.82, 2.24) is 15.5 Å². The van der Waals surface area contributed by atoms with E-state index in [0.717, 1.165) is 15.7 Å². The van der Waals surface area contributed by atoms with Crippen molar-refractivity contribution in [2.24, 2.45) is 0 Å². The first kappa shape index (κ1) is 12.7. The lowest BCUT2D eigenvalue weighted by Crippen LogP contribution is -2.24. The van der Waals surface area contributed by atoms with Crippen LogP contribution in [-0.4, -0.2) is 16.1 Å². The number of carbonyl (C=O) groups excluding carboxylic acids is 1. The number of hydrogen-bond donors (Lipinski definition) is 1. The Balaban J connectivity index is 2.07. The van der Waals surface area contributed by atoms with Crippen LogP contribution >= 0.6 is 15.9 Å². The van der Waals surface area contributed by atoms with E-state index in [9.17, 15) is 4.79 Å². The average molecular weight is 306 g/mol. The first-order valence-electron chi connectivity index (χ1n) is 5.48. The van der Waals surface area contributed by atoms with E-state index in [2.05, 4.69) is 31.4 Å². The molecule has 2 aromatic rings. The van der Waals surface area contributed by atoms with Crippen LogP contribution < -0.4 is 5.32 Å². The molecule has 0 aliphatic rings. The highest BCUT2D eigenvalue weighted by molar-refractivity contribution is 9.10. The maximum atomic E-state index is 12.0. The first-order chi connectivity index (χ1) is 8.68. The SMILES string of the molecule is Cc1c(Br)cccc1C(=O)NCc1cccnn1. The third kappa shape index (κ3) is 2.92. The third-order valence-corrected chi connectivity index (χ3v) is 3.43. The molecule has 1 aromatic heterocycles. The van der Waals surface area contributed by atoms with E-state index in [1.807, 2.05) is 25.1 Å². The monoisotopic (exact) mass is 305 g/mol. The molecule has 0 aliphatic carbocycles. The largest absolute Gasteiger partial charge is 0.346 e. The van der Waals surface area contributed by atoms with Crippen molar-refractivity contribution < 1.29 is 4.79 Å². The van der Waals surface area contributed by atoms with E-state index in [1.54, 1.807) is 18.3 Å². The van der Waals surface area contributed by atoms with Gasteiger partial charge in [-0.25, -0.2) is 0 Å².